The minimum Gasteiger partial charge on any atom is -0.480 e. The number of carbonyl (C=O) groups excluding carboxylic acids is 1. The summed E-state index contributed by atoms with van der Waals surface area (Å²) in [5.41, 5.74) is 5.91. The molecule has 0 heterocycles. The summed E-state index contributed by atoms with van der Waals surface area (Å²) in [6.45, 7) is 0.493. The predicted octanol–water partition coefficient (Wildman–Crippen LogP) is 3.18. The maximum absolute atomic E-state index is 12.1. The van der Waals surface area contributed by atoms with E-state index in [1.807, 2.05) is 30.3 Å². The first-order valence-corrected chi connectivity index (χ1v) is 8.42. The zero-order chi connectivity index (χ0) is 18.8. The SMILES string of the molecule is NCCCCC(NC(=O)Nc1cccc(Oc2ccccc2)c1)C(=O)O. The van der Waals surface area contributed by atoms with Crippen molar-refractivity contribution in [3.05, 3.63) is 54.6 Å². The van der Waals surface area contributed by atoms with Gasteiger partial charge in [0.2, 0.25) is 0 Å². The summed E-state index contributed by atoms with van der Waals surface area (Å²) in [5, 5.41) is 14.3. The summed E-state index contributed by atoms with van der Waals surface area (Å²) in [7, 11) is 0. The third kappa shape index (κ3) is 6.45. The molecule has 0 aliphatic rings. The van der Waals surface area contributed by atoms with Gasteiger partial charge in [-0.1, -0.05) is 24.3 Å². The summed E-state index contributed by atoms with van der Waals surface area (Å²) in [4.78, 5) is 23.3. The van der Waals surface area contributed by atoms with Gasteiger partial charge in [0.1, 0.15) is 17.5 Å². The van der Waals surface area contributed by atoms with Crippen LogP contribution in [0.25, 0.3) is 0 Å². The molecule has 0 fully saturated rings. The largest absolute Gasteiger partial charge is 0.480 e. The van der Waals surface area contributed by atoms with E-state index in [2.05, 4.69) is 10.6 Å². The Hall–Kier alpha value is -3.06. The highest BCUT2D eigenvalue weighted by Gasteiger charge is 2.19. The molecule has 2 amide bonds. The van der Waals surface area contributed by atoms with Crippen molar-refractivity contribution >= 4 is 17.7 Å². The third-order valence-corrected chi connectivity index (χ3v) is 3.62. The van der Waals surface area contributed by atoms with Crippen molar-refractivity contribution in [2.24, 2.45) is 5.73 Å². The zero-order valence-corrected chi connectivity index (χ0v) is 14.4. The number of rotatable bonds is 9. The number of carbonyl (C=O) groups is 2. The molecule has 7 nitrogen and oxygen atoms in total. The van der Waals surface area contributed by atoms with Gasteiger partial charge in [0.25, 0.3) is 0 Å². The number of aliphatic carboxylic acids is 1. The van der Waals surface area contributed by atoms with E-state index in [1.54, 1.807) is 24.3 Å². The van der Waals surface area contributed by atoms with Crippen LogP contribution in [0.4, 0.5) is 10.5 Å². The number of hydrogen-bond donors (Lipinski definition) is 4. The normalized spacial score (nSPS) is 11.4. The summed E-state index contributed by atoms with van der Waals surface area (Å²) < 4.78 is 5.71. The van der Waals surface area contributed by atoms with Crippen LogP contribution in [0.1, 0.15) is 19.3 Å². The van der Waals surface area contributed by atoms with E-state index in [1.165, 1.54) is 0 Å². The molecule has 2 rings (SSSR count). The molecule has 1 unspecified atom stereocenters. The number of ether oxygens (including phenoxy) is 1. The van der Waals surface area contributed by atoms with Gasteiger partial charge in [-0.15, -0.1) is 0 Å². The number of carboxylic acid groups (broad SMARTS) is 1. The number of unbranched alkanes of at least 4 members (excludes halogenated alkanes) is 1. The monoisotopic (exact) mass is 357 g/mol. The van der Waals surface area contributed by atoms with Gasteiger partial charge in [-0.2, -0.15) is 0 Å². The molecule has 0 saturated heterocycles. The van der Waals surface area contributed by atoms with Crippen molar-refractivity contribution in [1.29, 1.82) is 0 Å². The lowest BCUT2D eigenvalue weighted by atomic mass is 10.1. The summed E-state index contributed by atoms with van der Waals surface area (Å²) in [6, 6.07) is 14.6. The molecular weight excluding hydrogens is 334 g/mol. The highest BCUT2D eigenvalue weighted by Crippen LogP contribution is 2.23. The number of nitrogens with one attached hydrogen (secondary N) is 2. The first-order valence-electron chi connectivity index (χ1n) is 8.42. The fraction of sp³-hybridized carbons (Fsp3) is 0.263. The topological polar surface area (TPSA) is 114 Å². The van der Waals surface area contributed by atoms with Crippen molar-refractivity contribution < 1.29 is 19.4 Å². The number of nitrogens with two attached hydrogens (primary N) is 1. The van der Waals surface area contributed by atoms with Crippen LogP contribution in [-0.4, -0.2) is 29.7 Å². The van der Waals surface area contributed by atoms with E-state index in [0.29, 0.717) is 43.0 Å². The van der Waals surface area contributed by atoms with Gasteiger partial charge in [0.15, 0.2) is 0 Å². The van der Waals surface area contributed by atoms with Crippen LogP contribution < -0.4 is 21.1 Å². The molecule has 26 heavy (non-hydrogen) atoms. The van der Waals surface area contributed by atoms with Crippen LogP contribution in [-0.2, 0) is 4.79 Å². The van der Waals surface area contributed by atoms with Gasteiger partial charge < -0.3 is 26.2 Å². The van der Waals surface area contributed by atoms with Crippen LogP contribution in [0.15, 0.2) is 54.6 Å². The Bertz CT molecular complexity index is 722. The van der Waals surface area contributed by atoms with E-state index in [4.69, 9.17) is 10.5 Å². The van der Waals surface area contributed by atoms with Gasteiger partial charge in [-0.05, 0) is 50.1 Å². The number of anilines is 1. The van der Waals surface area contributed by atoms with Gasteiger partial charge in [0, 0.05) is 11.8 Å². The standard InChI is InChI=1S/C19H23N3O4/c20-12-5-4-11-17(18(23)24)22-19(25)21-14-7-6-10-16(13-14)26-15-8-2-1-3-9-15/h1-3,6-10,13,17H,4-5,11-12,20H2,(H,23,24)(H2,21,22,25). The molecule has 0 saturated carbocycles. The number of carboxylic acids is 1. The molecule has 2 aromatic carbocycles. The van der Waals surface area contributed by atoms with Crippen molar-refractivity contribution in [2.45, 2.75) is 25.3 Å². The van der Waals surface area contributed by atoms with Gasteiger partial charge in [-0.25, -0.2) is 9.59 Å². The molecular formula is C19H23N3O4. The molecule has 0 aromatic heterocycles. The minimum atomic E-state index is -1.07. The smallest absolute Gasteiger partial charge is 0.326 e. The average molecular weight is 357 g/mol. The Morgan fingerprint density at radius 2 is 1.77 bits per heavy atom. The summed E-state index contributed by atoms with van der Waals surface area (Å²) in [5.74, 6) is 0.171. The molecule has 0 aliphatic carbocycles. The maximum Gasteiger partial charge on any atom is 0.326 e. The van der Waals surface area contributed by atoms with E-state index in [-0.39, 0.29) is 0 Å². The van der Waals surface area contributed by atoms with Crippen LogP contribution >= 0.6 is 0 Å². The van der Waals surface area contributed by atoms with Crippen molar-refractivity contribution in [3.63, 3.8) is 0 Å². The lowest BCUT2D eigenvalue weighted by Gasteiger charge is -2.15. The molecule has 7 heteroatoms. The fourth-order valence-corrected chi connectivity index (χ4v) is 2.34. The molecule has 0 bridgehead atoms. The molecule has 138 valence electrons. The fourth-order valence-electron chi connectivity index (χ4n) is 2.34. The Labute approximate surface area is 152 Å². The van der Waals surface area contributed by atoms with E-state index < -0.39 is 18.0 Å². The van der Waals surface area contributed by atoms with Crippen LogP contribution in [0, 0.1) is 0 Å². The quantitative estimate of drug-likeness (QED) is 0.515. The second-order valence-corrected chi connectivity index (χ2v) is 5.72. The lowest BCUT2D eigenvalue weighted by molar-refractivity contribution is -0.139. The van der Waals surface area contributed by atoms with Crippen LogP contribution in [0.5, 0.6) is 11.5 Å². The minimum absolute atomic E-state index is 0.330. The first-order chi connectivity index (χ1) is 12.6. The molecule has 0 aliphatic heterocycles. The number of urea groups is 1. The summed E-state index contributed by atoms with van der Waals surface area (Å²) in [6.07, 6.45) is 1.68. The van der Waals surface area contributed by atoms with Gasteiger partial charge >= 0.3 is 12.0 Å². The van der Waals surface area contributed by atoms with E-state index >= 15 is 0 Å². The van der Waals surface area contributed by atoms with Crippen molar-refractivity contribution in [1.82, 2.24) is 5.32 Å². The van der Waals surface area contributed by atoms with E-state index in [9.17, 15) is 14.7 Å². The Morgan fingerprint density at radius 1 is 1.04 bits per heavy atom. The second kappa shape index (κ2) is 10.0. The number of amides is 2. The van der Waals surface area contributed by atoms with Crippen molar-refractivity contribution in [2.75, 3.05) is 11.9 Å². The number of hydrogen-bond acceptors (Lipinski definition) is 4. The van der Waals surface area contributed by atoms with Crippen LogP contribution in [0.3, 0.4) is 0 Å². The molecule has 1 atom stereocenters. The Balaban J connectivity index is 1.93. The first kappa shape index (κ1) is 19.3. The third-order valence-electron chi connectivity index (χ3n) is 3.62. The van der Waals surface area contributed by atoms with Crippen LogP contribution in [0.2, 0.25) is 0 Å². The molecule has 0 radical (unpaired) electrons. The average Bonchev–Trinajstić information content (AvgIpc) is 2.62. The predicted molar refractivity (Wildman–Crippen MR) is 99.4 cm³/mol. The maximum atomic E-state index is 12.1. The summed E-state index contributed by atoms with van der Waals surface area (Å²) >= 11 is 0. The van der Waals surface area contributed by atoms with Gasteiger partial charge in [0.05, 0.1) is 0 Å². The lowest BCUT2D eigenvalue weighted by Crippen LogP contribution is -2.43. The van der Waals surface area contributed by atoms with E-state index in [0.717, 1.165) is 0 Å². The Kier molecular flexibility index (Phi) is 7.45. The molecule has 5 N–H and O–H groups in total. The molecule has 2 aromatic rings. The Morgan fingerprint density at radius 3 is 2.46 bits per heavy atom. The number of benzene rings is 2. The highest BCUT2D eigenvalue weighted by molar-refractivity contribution is 5.92. The van der Waals surface area contributed by atoms with Gasteiger partial charge in [-0.3, -0.25) is 0 Å². The highest BCUT2D eigenvalue weighted by atomic mass is 16.5. The molecule has 0 spiro atoms. The second-order valence-electron chi connectivity index (χ2n) is 5.72. The van der Waals surface area contributed by atoms with Crippen molar-refractivity contribution in [3.8, 4) is 11.5 Å². The zero-order valence-electron chi connectivity index (χ0n) is 14.4. The number of para-hydroxylation sites is 1.